The predicted molar refractivity (Wildman–Crippen MR) is 89.5 cm³/mol. The summed E-state index contributed by atoms with van der Waals surface area (Å²) < 4.78 is 10.5. The molecule has 120 valence electrons. The summed E-state index contributed by atoms with van der Waals surface area (Å²) in [6, 6.07) is 9.39. The fraction of sp³-hybridized carbons (Fsp3) is 0.222. The molecule has 2 rings (SSSR count). The van der Waals surface area contributed by atoms with Crippen molar-refractivity contribution in [2.24, 2.45) is 0 Å². The molecule has 5 heteroatoms. The largest absolute Gasteiger partial charge is 0.497 e. The van der Waals surface area contributed by atoms with E-state index in [4.69, 9.17) is 9.47 Å². The molecule has 0 aliphatic rings. The van der Waals surface area contributed by atoms with Crippen molar-refractivity contribution in [2.45, 2.75) is 6.42 Å². The van der Waals surface area contributed by atoms with Crippen LogP contribution in [0.25, 0.3) is 6.08 Å². The van der Waals surface area contributed by atoms with Crippen LogP contribution in [-0.2, 0) is 11.2 Å². The summed E-state index contributed by atoms with van der Waals surface area (Å²) >= 11 is 0. The lowest BCUT2D eigenvalue weighted by Gasteiger charge is -2.08. The smallest absolute Gasteiger partial charge is 0.244 e. The molecule has 0 aliphatic heterocycles. The van der Waals surface area contributed by atoms with Crippen LogP contribution in [-0.4, -0.2) is 31.7 Å². The van der Waals surface area contributed by atoms with E-state index >= 15 is 0 Å². The minimum Gasteiger partial charge on any atom is -0.497 e. The van der Waals surface area contributed by atoms with E-state index in [2.05, 4.69) is 10.3 Å². The molecule has 1 aromatic heterocycles. The number of nitrogens with one attached hydrogen (secondary N) is 1. The Balaban J connectivity index is 1.85. The molecule has 0 unspecified atom stereocenters. The van der Waals surface area contributed by atoms with E-state index in [9.17, 15) is 4.79 Å². The van der Waals surface area contributed by atoms with Crippen LogP contribution in [0.15, 0.2) is 48.8 Å². The normalized spacial score (nSPS) is 10.5. The number of carbonyl (C=O) groups is 1. The number of pyridine rings is 1. The topological polar surface area (TPSA) is 60.5 Å². The molecule has 0 bridgehead atoms. The second-order valence-electron chi connectivity index (χ2n) is 4.88. The van der Waals surface area contributed by atoms with Gasteiger partial charge in [0.25, 0.3) is 0 Å². The number of rotatable bonds is 7. The maximum atomic E-state index is 11.8. The van der Waals surface area contributed by atoms with Gasteiger partial charge < -0.3 is 14.8 Å². The molecule has 2 aromatic rings. The average Bonchev–Trinajstić information content (AvgIpc) is 2.60. The van der Waals surface area contributed by atoms with Crippen LogP contribution in [0.5, 0.6) is 11.5 Å². The first-order valence-electron chi connectivity index (χ1n) is 7.29. The third kappa shape index (κ3) is 5.47. The van der Waals surface area contributed by atoms with Crippen molar-refractivity contribution in [3.05, 3.63) is 59.9 Å². The van der Waals surface area contributed by atoms with E-state index in [1.165, 1.54) is 6.08 Å². The van der Waals surface area contributed by atoms with Gasteiger partial charge >= 0.3 is 0 Å². The van der Waals surface area contributed by atoms with Gasteiger partial charge in [-0.15, -0.1) is 0 Å². The number of hydrogen-bond acceptors (Lipinski definition) is 4. The van der Waals surface area contributed by atoms with Crippen LogP contribution in [0.1, 0.15) is 11.1 Å². The molecule has 0 radical (unpaired) electrons. The number of hydrogen-bond donors (Lipinski definition) is 1. The van der Waals surface area contributed by atoms with Gasteiger partial charge in [0, 0.05) is 31.1 Å². The molecule has 5 nitrogen and oxygen atoms in total. The molecule has 1 aromatic carbocycles. The van der Waals surface area contributed by atoms with E-state index in [-0.39, 0.29) is 5.91 Å². The van der Waals surface area contributed by atoms with Gasteiger partial charge in [0.15, 0.2) is 0 Å². The molecule has 23 heavy (non-hydrogen) atoms. The standard InChI is InChI=1S/C18H20N2O3/c1-22-16-10-15(11-17(12-16)23-2)7-9-20-18(21)6-5-14-4-3-8-19-13-14/h3-6,8,10-13H,7,9H2,1-2H3,(H,20,21)/b6-5+. The fourth-order valence-electron chi connectivity index (χ4n) is 2.05. The second-order valence-corrected chi connectivity index (χ2v) is 4.88. The fourth-order valence-corrected chi connectivity index (χ4v) is 2.05. The average molecular weight is 312 g/mol. The molecular weight excluding hydrogens is 292 g/mol. The second kappa shape index (κ2) is 8.58. The van der Waals surface area contributed by atoms with Gasteiger partial charge in [-0.1, -0.05) is 6.07 Å². The molecule has 1 N–H and O–H groups in total. The Hall–Kier alpha value is -2.82. The van der Waals surface area contributed by atoms with Crippen LogP contribution in [0.4, 0.5) is 0 Å². The van der Waals surface area contributed by atoms with E-state index in [1.54, 1.807) is 32.7 Å². The predicted octanol–water partition coefficient (Wildman–Crippen LogP) is 2.47. The summed E-state index contributed by atoms with van der Waals surface area (Å²) in [5, 5.41) is 2.85. The quantitative estimate of drug-likeness (QED) is 0.798. The highest BCUT2D eigenvalue weighted by Gasteiger charge is 2.02. The van der Waals surface area contributed by atoms with Gasteiger partial charge in [-0.25, -0.2) is 0 Å². The zero-order chi connectivity index (χ0) is 16.5. The monoisotopic (exact) mass is 312 g/mol. The number of methoxy groups -OCH3 is 2. The highest BCUT2D eigenvalue weighted by atomic mass is 16.5. The lowest BCUT2D eigenvalue weighted by molar-refractivity contribution is -0.116. The lowest BCUT2D eigenvalue weighted by atomic mass is 10.1. The molecule has 0 aliphatic carbocycles. The van der Waals surface area contributed by atoms with E-state index in [0.29, 0.717) is 13.0 Å². The zero-order valence-corrected chi connectivity index (χ0v) is 13.3. The van der Waals surface area contributed by atoms with Gasteiger partial charge in [0.2, 0.25) is 5.91 Å². The minimum absolute atomic E-state index is 0.135. The van der Waals surface area contributed by atoms with Crippen LogP contribution < -0.4 is 14.8 Å². The third-order valence-corrected chi connectivity index (χ3v) is 3.24. The summed E-state index contributed by atoms with van der Waals surface area (Å²) in [6.45, 7) is 0.534. The Labute approximate surface area is 136 Å². The molecule has 0 saturated heterocycles. The van der Waals surface area contributed by atoms with Crippen LogP contribution in [0, 0.1) is 0 Å². The molecule has 0 fully saturated rings. The Morgan fingerprint density at radius 2 is 1.96 bits per heavy atom. The highest BCUT2D eigenvalue weighted by molar-refractivity contribution is 5.91. The molecule has 1 amide bonds. The Bertz CT molecular complexity index is 647. The number of nitrogens with zero attached hydrogens (tertiary/aromatic N) is 1. The maximum Gasteiger partial charge on any atom is 0.244 e. The SMILES string of the molecule is COc1cc(CCNC(=O)/C=C/c2cccnc2)cc(OC)c1. The summed E-state index contributed by atoms with van der Waals surface area (Å²) in [4.78, 5) is 15.8. The van der Waals surface area contributed by atoms with Crippen molar-refractivity contribution >= 4 is 12.0 Å². The van der Waals surface area contributed by atoms with Crippen molar-refractivity contribution in [2.75, 3.05) is 20.8 Å². The van der Waals surface area contributed by atoms with Crippen molar-refractivity contribution < 1.29 is 14.3 Å². The zero-order valence-electron chi connectivity index (χ0n) is 13.3. The first kappa shape index (κ1) is 16.5. The van der Waals surface area contributed by atoms with E-state index in [1.807, 2.05) is 30.3 Å². The van der Waals surface area contributed by atoms with Crippen molar-refractivity contribution in [3.63, 3.8) is 0 Å². The molecule has 0 atom stereocenters. The van der Waals surface area contributed by atoms with Crippen molar-refractivity contribution in [3.8, 4) is 11.5 Å². The first-order chi connectivity index (χ1) is 11.2. The summed E-state index contributed by atoms with van der Waals surface area (Å²) in [5.74, 6) is 1.34. The van der Waals surface area contributed by atoms with E-state index < -0.39 is 0 Å². The molecule has 0 spiro atoms. The van der Waals surface area contributed by atoms with Crippen LogP contribution >= 0.6 is 0 Å². The number of amides is 1. The summed E-state index contributed by atoms with van der Waals surface area (Å²) in [6.07, 6.45) is 7.33. The Kier molecular flexibility index (Phi) is 6.17. The first-order valence-corrected chi connectivity index (χ1v) is 7.29. The Morgan fingerprint density at radius 3 is 2.57 bits per heavy atom. The number of carbonyl (C=O) groups excluding carboxylic acids is 1. The highest BCUT2D eigenvalue weighted by Crippen LogP contribution is 2.22. The molecular formula is C18H20N2O3. The van der Waals surface area contributed by atoms with Gasteiger partial charge in [0.05, 0.1) is 14.2 Å². The number of ether oxygens (including phenoxy) is 2. The van der Waals surface area contributed by atoms with Gasteiger partial charge in [-0.2, -0.15) is 0 Å². The van der Waals surface area contributed by atoms with Crippen LogP contribution in [0.3, 0.4) is 0 Å². The summed E-state index contributed by atoms with van der Waals surface area (Å²) in [7, 11) is 3.23. The van der Waals surface area contributed by atoms with Crippen molar-refractivity contribution in [1.29, 1.82) is 0 Å². The molecule has 1 heterocycles. The maximum absolute atomic E-state index is 11.8. The van der Waals surface area contributed by atoms with Crippen molar-refractivity contribution in [1.82, 2.24) is 10.3 Å². The van der Waals surface area contributed by atoms with Gasteiger partial charge in [-0.3, -0.25) is 9.78 Å². The Morgan fingerprint density at radius 1 is 1.22 bits per heavy atom. The molecule has 0 saturated carbocycles. The van der Waals surface area contributed by atoms with Crippen LogP contribution in [0.2, 0.25) is 0 Å². The lowest BCUT2D eigenvalue weighted by Crippen LogP contribution is -2.23. The summed E-state index contributed by atoms with van der Waals surface area (Å²) in [5.41, 5.74) is 1.93. The number of aromatic nitrogens is 1. The van der Waals surface area contributed by atoms with Gasteiger partial charge in [0.1, 0.15) is 11.5 Å². The number of benzene rings is 1. The minimum atomic E-state index is -0.135. The van der Waals surface area contributed by atoms with Gasteiger partial charge in [-0.05, 0) is 41.8 Å². The van der Waals surface area contributed by atoms with E-state index in [0.717, 1.165) is 22.6 Å². The third-order valence-electron chi connectivity index (χ3n) is 3.24.